The summed E-state index contributed by atoms with van der Waals surface area (Å²) in [5.41, 5.74) is 3.77. The number of carbonyl (C=O) groups excluding carboxylic acids is 1. The van der Waals surface area contributed by atoms with Gasteiger partial charge in [-0.25, -0.2) is 4.68 Å². The Morgan fingerprint density at radius 1 is 1.04 bits per heavy atom. The summed E-state index contributed by atoms with van der Waals surface area (Å²) in [6.07, 6.45) is 4.07. The molecular weight excluding hydrogens is 324 g/mol. The Morgan fingerprint density at radius 3 is 2.38 bits per heavy atom. The molecule has 3 heterocycles. The van der Waals surface area contributed by atoms with Crippen LogP contribution in [0.1, 0.15) is 48.0 Å². The average molecular weight is 348 g/mol. The number of aryl methyl sites for hydroxylation is 1. The number of rotatable bonds is 2. The second-order valence-corrected chi connectivity index (χ2v) is 7.90. The first-order valence-corrected chi connectivity index (χ1v) is 8.96. The Morgan fingerprint density at radius 2 is 1.73 bits per heavy atom. The molecule has 5 heteroatoms. The molecule has 0 bridgehead atoms. The van der Waals surface area contributed by atoms with E-state index in [0.29, 0.717) is 13.1 Å². The van der Waals surface area contributed by atoms with Crippen molar-refractivity contribution in [1.29, 1.82) is 0 Å². The molecule has 4 rings (SSSR count). The maximum atomic E-state index is 13.0. The van der Waals surface area contributed by atoms with Crippen LogP contribution in [-0.4, -0.2) is 25.2 Å². The van der Waals surface area contributed by atoms with Crippen LogP contribution >= 0.6 is 0 Å². The molecule has 1 aromatic carbocycles. The van der Waals surface area contributed by atoms with E-state index >= 15 is 0 Å². The lowest BCUT2D eigenvalue weighted by Crippen LogP contribution is -2.30. The molecule has 2 aromatic heterocycles. The predicted octanol–water partition coefficient (Wildman–Crippen LogP) is 3.89. The van der Waals surface area contributed by atoms with E-state index in [2.05, 4.69) is 30.0 Å². The molecule has 0 saturated carbocycles. The fourth-order valence-corrected chi connectivity index (χ4v) is 3.54. The predicted molar refractivity (Wildman–Crippen MR) is 101 cm³/mol. The van der Waals surface area contributed by atoms with Gasteiger partial charge in [-0.05, 0) is 51.5 Å². The van der Waals surface area contributed by atoms with E-state index in [1.54, 1.807) is 0 Å². The zero-order valence-electron chi connectivity index (χ0n) is 15.7. The van der Waals surface area contributed by atoms with Gasteiger partial charge in [0.05, 0.1) is 24.3 Å². The molecule has 0 N–H and O–H groups in total. The van der Waals surface area contributed by atoms with Crippen LogP contribution in [0.25, 0.3) is 5.82 Å². The number of amides is 1. The quantitative estimate of drug-likeness (QED) is 0.705. The van der Waals surface area contributed by atoms with E-state index in [-0.39, 0.29) is 11.4 Å². The van der Waals surface area contributed by atoms with Crippen molar-refractivity contribution in [3.63, 3.8) is 0 Å². The van der Waals surface area contributed by atoms with Crippen molar-refractivity contribution >= 4 is 5.91 Å². The topological polar surface area (TPSA) is 43.1 Å². The number of carbonyl (C=O) groups is 1. The Labute approximate surface area is 153 Å². The number of hydrogen-bond donors (Lipinski definition) is 0. The fraction of sp³-hybridized carbons (Fsp3) is 0.333. The monoisotopic (exact) mass is 348 g/mol. The first-order chi connectivity index (χ1) is 12.4. The second kappa shape index (κ2) is 5.87. The molecule has 0 radical (unpaired) electrons. The van der Waals surface area contributed by atoms with Crippen LogP contribution in [0.2, 0.25) is 0 Å². The van der Waals surface area contributed by atoms with Crippen molar-refractivity contribution in [2.24, 2.45) is 0 Å². The van der Waals surface area contributed by atoms with Crippen molar-refractivity contribution in [2.45, 2.75) is 46.3 Å². The highest BCUT2D eigenvalue weighted by Crippen LogP contribution is 2.32. The maximum Gasteiger partial charge on any atom is 0.254 e. The van der Waals surface area contributed by atoms with Gasteiger partial charge < -0.3 is 9.47 Å². The lowest BCUT2D eigenvalue weighted by atomic mass is 10.1. The highest BCUT2D eigenvalue weighted by Gasteiger charge is 2.34. The molecule has 1 amide bonds. The molecular formula is C21H24N4O. The van der Waals surface area contributed by atoms with Gasteiger partial charge in [-0.3, -0.25) is 4.79 Å². The molecule has 26 heavy (non-hydrogen) atoms. The Kier molecular flexibility index (Phi) is 3.75. The standard InChI is InChI=1S/C21H24N4O/c1-15-9-5-6-10-16(15)20(26)24-13-17-18(14-24)22-25(21(2,3)4)19(17)23-11-7-8-12-23/h5-12H,13-14H2,1-4H3. The minimum absolute atomic E-state index is 0.0712. The highest BCUT2D eigenvalue weighted by molar-refractivity contribution is 5.96. The number of nitrogens with zero attached hydrogens (tertiary/aromatic N) is 4. The molecule has 0 saturated heterocycles. The summed E-state index contributed by atoms with van der Waals surface area (Å²) in [6, 6.07) is 11.8. The van der Waals surface area contributed by atoms with Crippen molar-refractivity contribution < 1.29 is 4.79 Å². The number of hydrogen-bond acceptors (Lipinski definition) is 2. The molecule has 1 aliphatic rings. The third-order valence-electron chi connectivity index (χ3n) is 4.88. The number of benzene rings is 1. The van der Waals surface area contributed by atoms with Crippen LogP contribution in [-0.2, 0) is 18.6 Å². The van der Waals surface area contributed by atoms with Crippen LogP contribution in [0.4, 0.5) is 0 Å². The normalized spacial score (nSPS) is 13.9. The molecule has 3 aromatic rings. The van der Waals surface area contributed by atoms with Crippen LogP contribution in [0.3, 0.4) is 0 Å². The molecule has 0 aliphatic carbocycles. The third kappa shape index (κ3) is 2.64. The van der Waals surface area contributed by atoms with E-state index in [1.807, 2.05) is 60.6 Å². The molecule has 0 fully saturated rings. The summed E-state index contributed by atoms with van der Waals surface area (Å²) in [6.45, 7) is 9.58. The zero-order valence-corrected chi connectivity index (χ0v) is 15.7. The van der Waals surface area contributed by atoms with Crippen molar-refractivity contribution in [3.05, 3.63) is 71.2 Å². The second-order valence-electron chi connectivity index (χ2n) is 7.90. The number of fused-ring (bicyclic) bond motifs is 1. The van der Waals surface area contributed by atoms with Crippen molar-refractivity contribution in [1.82, 2.24) is 19.2 Å². The van der Waals surface area contributed by atoms with Gasteiger partial charge in [0.15, 0.2) is 0 Å². The molecule has 1 aliphatic heterocycles. The van der Waals surface area contributed by atoms with Gasteiger partial charge in [0.2, 0.25) is 0 Å². The summed E-state index contributed by atoms with van der Waals surface area (Å²) in [7, 11) is 0. The summed E-state index contributed by atoms with van der Waals surface area (Å²) in [4.78, 5) is 14.9. The van der Waals surface area contributed by atoms with E-state index in [1.165, 1.54) is 0 Å². The molecule has 134 valence electrons. The fourth-order valence-electron chi connectivity index (χ4n) is 3.54. The summed E-state index contributed by atoms with van der Waals surface area (Å²) in [5.74, 6) is 1.12. The van der Waals surface area contributed by atoms with Crippen molar-refractivity contribution in [3.8, 4) is 5.82 Å². The average Bonchev–Trinajstić information content (AvgIpc) is 3.29. The Hall–Kier alpha value is -2.82. The first kappa shape index (κ1) is 16.6. The lowest BCUT2D eigenvalue weighted by Gasteiger charge is -2.25. The van der Waals surface area contributed by atoms with Gasteiger partial charge in [0, 0.05) is 23.5 Å². The maximum absolute atomic E-state index is 13.0. The van der Waals surface area contributed by atoms with Gasteiger partial charge in [0.25, 0.3) is 5.91 Å². The molecule has 5 nitrogen and oxygen atoms in total. The summed E-state index contributed by atoms with van der Waals surface area (Å²) < 4.78 is 4.17. The summed E-state index contributed by atoms with van der Waals surface area (Å²) >= 11 is 0. The van der Waals surface area contributed by atoms with E-state index in [0.717, 1.165) is 28.2 Å². The highest BCUT2D eigenvalue weighted by atomic mass is 16.2. The molecule has 0 atom stereocenters. The third-order valence-corrected chi connectivity index (χ3v) is 4.88. The van der Waals surface area contributed by atoms with Gasteiger partial charge in [-0.15, -0.1) is 0 Å². The van der Waals surface area contributed by atoms with Crippen molar-refractivity contribution in [2.75, 3.05) is 0 Å². The minimum atomic E-state index is -0.130. The van der Waals surface area contributed by atoms with Crippen LogP contribution < -0.4 is 0 Å². The van der Waals surface area contributed by atoms with Gasteiger partial charge in [-0.1, -0.05) is 18.2 Å². The largest absolute Gasteiger partial charge is 0.328 e. The summed E-state index contributed by atoms with van der Waals surface area (Å²) in [5, 5.41) is 4.87. The number of aromatic nitrogens is 3. The zero-order chi connectivity index (χ0) is 18.5. The van der Waals surface area contributed by atoms with E-state index in [4.69, 9.17) is 5.10 Å². The smallest absolute Gasteiger partial charge is 0.254 e. The van der Waals surface area contributed by atoms with E-state index in [9.17, 15) is 4.79 Å². The minimum Gasteiger partial charge on any atom is -0.328 e. The van der Waals surface area contributed by atoms with E-state index < -0.39 is 0 Å². The van der Waals surface area contributed by atoms with Gasteiger partial charge >= 0.3 is 0 Å². The molecule has 0 unspecified atom stereocenters. The Balaban J connectivity index is 1.73. The van der Waals surface area contributed by atoms with Gasteiger partial charge in [-0.2, -0.15) is 5.10 Å². The lowest BCUT2D eigenvalue weighted by molar-refractivity contribution is 0.0747. The first-order valence-electron chi connectivity index (χ1n) is 8.96. The van der Waals surface area contributed by atoms with Gasteiger partial charge in [0.1, 0.15) is 5.82 Å². The Bertz CT molecular complexity index is 961. The van der Waals surface area contributed by atoms with Crippen LogP contribution in [0.5, 0.6) is 0 Å². The van der Waals surface area contributed by atoms with Crippen LogP contribution in [0.15, 0.2) is 48.8 Å². The molecule has 0 spiro atoms. The van der Waals surface area contributed by atoms with Crippen LogP contribution in [0, 0.1) is 6.92 Å². The SMILES string of the molecule is Cc1ccccc1C(=O)N1Cc2nn(C(C)(C)C)c(-n3cccc3)c2C1.